The second-order valence-electron chi connectivity index (χ2n) is 6.50. The van der Waals surface area contributed by atoms with Gasteiger partial charge in [-0.05, 0) is 66.1 Å². The van der Waals surface area contributed by atoms with Gasteiger partial charge in [0.15, 0.2) is 0 Å². The molecular weight excluding hydrogens is 320 g/mol. The molecule has 0 radical (unpaired) electrons. The van der Waals surface area contributed by atoms with Gasteiger partial charge in [-0.3, -0.25) is 0 Å². The number of hydrogen-bond donors (Lipinski definition) is 2. The van der Waals surface area contributed by atoms with Crippen LogP contribution in [0.2, 0.25) is 0 Å². The number of anilines is 1. The number of nitrogens with zero attached hydrogens (tertiary/aromatic N) is 1. The minimum atomic E-state index is 0.281. The van der Waals surface area contributed by atoms with Crippen LogP contribution in [-0.4, -0.2) is 9.67 Å². The van der Waals surface area contributed by atoms with Crippen molar-refractivity contribution in [2.24, 2.45) is 0 Å². The van der Waals surface area contributed by atoms with Gasteiger partial charge in [-0.15, -0.1) is 0 Å². The van der Waals surface area contributed by atoms with E-state index in [2.05, 4.69) is 71.5 Å². The Morgan fingerprint density at radius 1 is 0.846 bits per heavy atom. The van der Waals surface area contributed by atoms with Crippen molar-refractivity contribution in [1.29, 1.82) is 0 Å². The maximum atomic E-state index is 9.47. The summed E-state index contributed by atoms with van der Waals surface area (Å²) < 4.78 is 2.13. The van der Waals surface area contributed by atoms with Crippen molar-refractivity contribution >= 4 is 16.6 Å². The van der Waals surface area contributed by atoms with E-state index in [1.807, 2.05) is 12.1 Å². The maximum absolute atomic E-state index is 9.47. The SMILES string of the molecule is CCc1ccc(CNc2ccc3c(ccn3-c3ccc(O)cc3)c2)cc1. The molecule has 1 heterocycles. The summed E-state index contributed by atoms with van der Waals surface area (Å²) in [6.45, 7) is 2.99. The lowest BCUT2D eigenvalue weighted by Crippen LogP contribution is -1.99. The van der Waals surface area contributed by atoms with Gasteiger partial charge in [-0.1, -0.05) is 31.2 Å². The van der Waals surface area contributed by atoms with E-state index in [1.54, 1.807) is 12.1 Å². The molecule has 0 unspecified atom stereocenters. The predicted octanol–water partition coefficient (Wildman–Crippen LogP) is 5.51. The molecule has 0 spiro atoms. The van der Waals surface area contributed by atoms with Crippen LogP contribution in [0.25, 0.3) is 16.6 Å². The monoisotopic (exact) mass is 342 g/mol. The summed E-state index contributed by atoms with van der Waals surface area (Å²) in [4.78, 5) is 0. The highest BCUT2D eigenvalue weighted by molar-refractivity contribution is 5.85. The highest BCUT2D eigenvalue weighted by Gasteiger charge is 2.04. The largest absolute Gasteiger partial charge is 0.508 e. The fourth-order valence-electron chi connectivity index (χ4n) is 3.19. The highest BCUT2D eigenvalue weighted by atomic mass is 16.3. The van der Waals surface area contributed by atoms with Gasteiger partial charge >= 0.3 is 0 Å². The minimum absolute atomic E-state index is 0.281. The molecule has 1 aromatic heterocycles. The summed E-state index contributed by atoms with van der Waals surface area (Å²) in [7, 11) is 0. The Morgan fingerprint density at radius 3 is 2.31 bits per heavy atom. The predicted molar refractivity (Wildman–Crippen MR) is 108 cm³/mol. The van der Waals surface area contributed by atoms with E-state index < -0.39 is 0 Å². The summed E-state index contributed by atoms with van der Waals surface area (Å²) in [6.07, 6.45) is 3.13. The first-order valence-electron chi connectivity index (χ1n) is 8.95. The van der Waals surface area contributed by atoms with Gasteiger partial charge in [-0.25, -0.2) is 0 Å². The second kappa shape index (κ2) is 6.96. The van der Waals surface area contributed by atoms with Crippen LogP contribution >= 0.6 is 0 Å². The van der Waals surface area contributed by atoms with Gasteiger partial charge in [-0.2, -0.15) is 0 Å². The Labute approximate surface area is 153 Å². The Kier molecular flexibility index (Phi) is 4.36. The lowest BCUT2D eigenvalue weighted by atomic mass is 10.1. The first-order chi connectivity index (χ1) is 12.7. The van der Waals surface area contributed by atoms with Crippen molar-refractivity contribution in [1.82, 2.24) is 4.57 Å². The molecule has 0 aliphatic carbocycles. The zero-order valence-electron chi connectivity index (χ0n) is 14.8. The summed E-state index contributed by atoms with van der Waals surface area (Å²) in [5, 5.41) is 14.2. The van der Waals surface area contributed by atoms with Crippen molar-refractivity contribution in [2.45, 2.75) is 19.9 Å². The third-order valence-electron chi connectivity index (χ3n) is 4.75. The van der Waals surface area contributed by atoms with Crippen molar-refractivity contribution in [3.05, 3.63) is 90.1 Å². The van der Waals surface area contributed by atoms with Crippen LogP contribution in [0.3, 0.4) is 0 Å². The van der Waals surface area contributed by atoms with E-state index in [0.29, 0.717) is 0 Å². The normalized spacial score (nSPS) is 11.0. The van der Waals surface area contributed by atoms with E-state index >= 15 is 0 Å². The molecular formula is C23H22N2O. The van der Waals surface area contributed by atoms with Crippen LogP contribution in [0.15, 0.2) is 79.0 Å². The Hall–Kier alpha value is -3.20. The van der Waals surface area contributed by atoms with Crippen LogP contribution < -0.4 is 5.32 Å². The lowest BCUT2D eigenvalue weighted by Gasteiger charge is -2.09. The van der Waals surface area contributed by atoms with Crippen LogP contribution in [0.4, 0.5) is 5.69 Å². The van der Waals surface area contributed by atoms with Gasteiger partial charge in [0.05, 0.1) is 5.52 Å². The van der Waals surface area contributed by atoms with Gasteiger partial charge in [0, 0.05) is 29.5 Å². The Morgan fingerprint density at radius 2 is 1.58 bits per heavy atom. The molecule has 0 aliphatic heterocycles. The standard InChI is InChI=1S/C23H22N2O/c1-2-17-3-5-18(6-4-17)16-24-20-7-12-23-19(15-20)13-14-25(23)21-8-10-22(26)11-9-21/h3-15,24,26H,2,16H2,1H3. The van der Waals surface area contributed by atoms with Crippen LogP contribution in [-0.2, 0) is 13.0 Å². The highest BCUT2D eigenvalue weighted by Crippen LogP contribution is 2.25. The molecule has 3 heteroatoms. The summed E-state index contributed by atoms with van der Waals surface area (Å²) in [6, 6.07) is 24.5. The Balaban J connectivity index is 1.53. The molecule has 26 heavy (non-hydrogen) atoms. The van der Waals surface area contributed by atoms with Gasteiger partial charge in [0.1, 0.15) is 5.75 Å². The average molecular weight is 342 g/mol. The molecule has 0 saturated carbocycles. The topological polar surface area (TPSA) is 37.2 Å². The summed E-state index contributed by atoms with van der Waals surface area (Å²) in [5.41, 5.74) is 5.94. The number of aromatic hydroxyl groups is 1. The van der Waals surface area contributed by atoms with Gasteiger partial charge in [0.25, 0.3) is 0 Å². The molecule has 130 valence electrons. The van der Waals surface area contributed by atoms with E-state index in [9.17, 15) is 5.11 Å². The molecule has 0 aliphatic rings. The quantitative estimate of drug-likeness (QED) is 0.502. The first-order valence-corrected chi connectivity index (χ1v) is 8.95. The lowest BCUT2D eigenvalue weighted by molar-refractivity contribution is 0.475. The molecule has 4 rings (SSSR count). The minimum Gasteiger partial charge on any atom is -0.508 e. The number of benzene rings is 3. The molecule has 0 fully saturated rings. The molecule has 3 aromatic carbocycles. The number of aromatic nitrogens is 1. The van der Waals surface area contributed by atoms with Crippen LogP contribution in [0.5, 0.6) is 5.75 Å². The van der Waals surface area contributed by atoms with Crippen molar-refractivity contribution in [3.8, 4) is 11.4 Å². The smallest absolute Gasteiger partial charge is 0.115 e. The van der Waals surface area contributed by atoms with E-state index in [0.717, 1.165) is 29.9 Å². The molecule has 0 amide bonds. The molecule has 0 saturated heterocycles. The van der Waals surface area contributed by atoms with E-state index in [1.165, 1.54) is 16.5 Å². The van der Waals surface area contributed by atoms with Crippen molar-refractivity contribution in [3.63, 3.8) is 0 Å². The number of hydrogen-bond acceptors (Lipinski definition) is 2. The molecule has 4 aromatic rings. The fraction of sp³-hybridized carbons (Fsp3) is 0.130. The van der Waals surface area contributed by atoms with Crippen LogP contribution in [0, 0.1) is 0 Å². The second-order valence-corrected chi connectivity index (χ2v) is 6.50. The maximum Gasteiger partial charge on any atom is 0.115 e. The zero-order chi connectivity index (χ0) is 17.9. The summed E-state index contributed by atoms with van der Waals surface area (Å²) in [5.74, 6) is 0.281. The third kappa shape index (κ3) is 3.29. The first kappa shape index (κ1) is 16.3. The molecule has 3 nitrogen and oxygen atoms in total. The van der Waals surface area contributed by atoms with Crippen LogP contribution in [0.1, 0.15) is 18.1 Å². The van der Waals surface area contributed by atoms with E-state index in [-0.39, 0.29) is 5.75 Å². The number of nitrogens with one attached hydrogen (secondary N) is 1. The van der Waals surface area contributed by atoms with E-state index in [4.69, 9.17) is 0 Å². The number of aryl methyl sites for hydroxylation is 1. The number of fused-ring (bicyclic) bond motifs is 1. The molecule has 0 bridgehead atoms. The number of rotatable bonds is 5. The summed E-state index contributed by atoms with van der Waals surface area (Å²) >= 11 is 0. The Bertz CT molecular complexity index is 1010. The van der Waals surface area contributed by atoms with Gasteiger partial charge in [0.2, 0.25) is 0 Å². The number of phenolic OH excluding ortho intramolecular Hbond substituents is 1. The van der Waals surface area contributed by atoms with Gasteiger partial charge < -0.3 is 15.0 Å². The zero-order valence-corrected chi connectivity index (χ0v) is 14.8. The third-order valence-corrected chi connectivity index (χ3v) is 4.75. The van der Waals surface area contributed by atoms with Crippen molar-refractivity contribution in [2.75, 3.05) is 5.32 Å². The molecule has 0 atom stereocenters. The average Bonchev–Trinajstić information content (AvgIpc) is 3.10. The number of phenols is 1. The fourth-order valence-corrected chi connectivity index (χ4v) is 3.19. The van der Waals surface area contributed by atoms with Crippen molar-refractivity contribution < 1.29 is 5.11 Å². The molecule has 2 N–H and O–H groups in total.